The summed E-state index contributed by atoms with van der Waals surface area (Å²) in [5, 5.41) is 0.221. The highest BCUT2D eigenvalue weighted by Gasteiger charge is 2.29. The van der Waals surface area contributed by atoms with Gasteiger partial charge in [-0.25, -0.2) is 13.2 Å². The molecule has 3 rings (SSSR count). The van der Waals surface area contributed by atoms with Crippen molar-refractivity contribution in [3.05, 3.63) is 48.5 Å². The van der Waals surface area contributed by atoms with Gasteiger partial charge in [-0.05, 0) is 67.9 Å². The van der Waals surface area contributed by atoms with Crippen LogP contribution in [0.3, 0.4) is 0 Å². The number of hydrogen-bond acceptors (Lipinski definition) is 8. The van der Waals surface area contributed by atoms with Gasteiger partial charge in [-0.15, -0.1) is 0 Å². The Morgan fingerprint density at radius 1 is 1.03 bits per heavy atom. The van der Waals surface area contributed by atoms with Crippen LogP contribution in [0, 0.1) is 0 Å². The van der Waals surface area contributed by atoms with Crippen LogP contribution in [-0.2, 0) is 14.6 Å². The summed E-state index contributed by atoms with van der Waals surface area (Å²) in [6.07, 6.45) is 2.13. The number of ether oxygens (including phenoxy) is 2. The zero-order chi connectivity index (χ0) is 21.6. The van der Waals surface area contributed by atoms with Crippen LogP contribution >= 0.6 is 11.8 Å². The third kappa shape index (κ3) is 6.73. The van der Waals surface area contributed by atoms with Gasteiger partial charge in [-0.2, -0.15) is 11.8 Å². The van der Waals surface area contributed by atoms with Crippen molar-refractivity contribution in [1.29, 1.82) is 0 Å². The molecule has 1 fully saturated rings. The van der Waals surface area contributed by atoms with Gasteiger partial charge in [0.15, 0.2) is 9.84 Å². The van der Waals surface area contributed by atoms with Crippen LogP contribution in [0.5, 0.6) is 17.2 Å². The minimum absolute atomic E-state index is 0.175. The summed E-state index contributed by atoms with van der Waals surface area (Å²) in [6.45, 7) is 0.571. The zero-order valence-electron chi connectivity index (χ0n) is 16.5. The summed E-state index contributed by atoms with van der Waals surface area (Å²) in [5.74, 6) is 2.03. The van der Waals surface area contributed by atoms with E-state index in [-0.39, 0.29) is 11.0 Å². The molecule has 1 saturated heterocycles. The quantitative estimate of drug-likeness (QED) is 0.232. The fourth-order valence-electron chi connectivity index (χ4n) is 2.75. The highest BCUT2D eigenvalue weighted by Crippen LogP contribution is 2.33. The first kappa shape index (κ1) is 22.6. The molecule has 1 aliphatic rings. The van der Waals surface area contributed by atoms with E-state index in [0.29, 0.717) is 35.1 Å². The average Bonchev–Trinajstić information content (AvgIpc) is 3.53. The van der Waals surface area contributed by atoms with Crippen LogP contribution in [0.4, 0.5) is 0 Å². The number of unbranched alkanes of at least 4 members (excludes halogenated alkanes) is 1. The topological polar surface area (TPSA) is 122 Å². The van der Waals surface area contributed by atoms with Crippen molar-refractivity contribution in [3.63, 3.8) is 0 Å². The lowest BCUT2D eigenvalue weighted by molar-refractivity contribution is -0.136. The molecule has 0 radical (unpaired) electrons. The van der Waals surface area contributed by atoms with E-state index in [1.54, 1.807) is 60.3 Å². The first-order valence-corrected chi connectivity index (χ1v) is 12.5. The maximum Gasteiger partial charge on any atom is 0.328 e. The third-order valence-corrected chi connectivity index (χ3v) is 7.55. The van der Waals surface area contributed by atoms with Crippen molar-refractivity contribution in [2.24, 2.45) is 11.5 Å². The van der Waals surface area contributed by atoms with Crippen LogP contribution in [0.1, 0.15) is 19.3 Å². The minimum Gasteiger partial charge on any atom is -0.457 e. The molecule has 0 aromatic heterocycles. The van der Waals surface area contributed by atoms with Gasteiger partial charge in [-0.3, -0.25) is 0 Å². The molecule has 1 aliphatic heterocycles. The van der Waals surface area contributed by atoms with E-state index in [2.05, 4.69) is 0 Å². The maximum absolute atomic E-state index is 12.3. The fourth-order valence-corrected chi connectivity index (χ4v) is 5.43. The Kier molecular flexibility index (Phi) is 7.76. The summed E-state index contributed by atoms with van der Waals surface area (Å²) >= 11 is 1.66. The second-order valence-electron chi connectivity index (χ2n) is 7.09. The molecule has 9 heteroatoms. The molecule has 0 amide bonds. The van der Waals surface area contributed by atoms with Gasteiger partial charge in [0.25, 0.3) is 0 Å². The largest absolute Gasteiger partial charge is 0.457 e. The molecule has 2 aromatic carbocycles. The predicted molar refractivity (Wildman–Crippen MR) is 118 cm³/mol. The highest BCUT2D eigenvalue weighted by atomic mass is 32.2. The third-order valence-electron chi connectivity index (χ3n) is 4.54. The monoisotopic (exact) mass is 450 g/mol. The summed E-state index contributed by atoms with van der Waals surface area (Å²) < 4.78 is 35.6. The molecular weight excluding hydrogens is 424 g/mol. The van der Waals surface area contributed by atoms with Crippen LogP contribution in [0.2, 0.25) is 0 Å². The molecule has 2 atom stereocenters. The minimum atomic E-state index is -3.26. The molecule has 0 aliphatic carbocycles. The Bertz CT molecular complexity index is 942. The van der Waals surface area contributed by atoms with Crippen molar-refractivity contribution >= 4 is 27.6 Å². The van der Waals surface area contributed by atoms with Crippen molar-refractivity contribution in [2.45, 2.75) is 35.4 Å². The van der Waals surface area contributed by atoms with E-state index in [9.17, 15) is 13.2 Å². The first-order valence-electron chi connectivity index (χ1n) is 9.77. The number of rotatable bonds is 11. The number of carbonyl (C=O) groups is 1. The van der Waals surface area contributed by atoms with E-state index in [4.69, 9.17) is 20.9 Å². The lowest BCUT2D eigenvalue weighted by Gasteiger charge is -2.11. The smallest absolute Gasteiger partial charge is 0.328 e. The van der Waals surface area contributed by atoms with Gasteiger partial charge in [-0.1, -0.05) is 6.42 Å². The van der Waals surface area contributed by atoms with Crippen LogP contribution in [-0.4, -0.2) is 43.7 Å². The van der Waals surface area contributed by atoms with Crippen LogP contribution in [0.15, 0.2) is 53.4 Å². The lowest BCUT2D eigenvalue weighted by atomic mass is 10.1. The molecule has 30 heavy (non-hydrogen) atoms. The molecule has 0 bridgehead atoms. The molecule has 2 aromatic rings. The molecule has 1 unspecified atom stereocenters. The van der Waals surface area contributed by atoms with Crippen LogP contribution < -0.4 is 20.9 Å². The van der Waals surface area contributed by atoms with Gasteiger partial charge in [0.2, 0.25) is 0 Å². The number of thioether (sulfide) groups is 1. The molecule has 0 spiro atoms. The lowest BCUT2D eigenvalue weighted by Crippen LogP contribution is -2.34. The van der Waals surface area contributed by atoms with Gasteiger partial charge in [0, 0.05) is 11.0 Å². The second kappa shape index (κ2) is 10.3. The number of esters is 1. The Morgan fingerprint density at radius 3 is 2.17 bits per heavy atom. The zero-order valence-corrected chi connectivity index (χ0v) is 18.2. The van der Waals surface area contributed by atoms with Gasteiger partial charge >= 0.3 is 5.97 Å². The van der Waals surface area contributed by atoms with Gasteiger partial charge in [0.05, 0.1) is 10.6 Å². The molecule has 7 nitrogen and oxygen atoms in total. The molecule has 1 heterocycles. The standard InChI is InChI=1S/C21H26N2O5S2/c22-12-2-1-3-20(23)21(24)28-17-6-4-15(5-7-17)27-16-8-10-19(11-9-16)30(25,26)14-18-13-29-18/h4-11,18,20H,1-3,12-14,22-23H2/t18?,20-/m0/s1. The highest BCUT2D eigenvalue weighted by molar-refractivity contribution is 8.08. The fraction of sp³-hybridized carbons (Fsp3) is 0.381. The number of nitrogens with two attached hydrogens (primary N) is 2. The normalized spacial score (nSPS) is 16.7. The summed E-state index contributed by atoms with van der Waals surface area (Å²) in [6, 6.07) is 12.2. The van der Waals surface area contributed by atoms with Crippen molar-refractivity contribution < 1.29 is 22.7 Å². The number of hydrogen-bond donors (Lipinski definition) is 2. The number of benzene rings is 2. The Balaban J connectivity index is 1.53. The SMILES string of the molecule is NCCCC[C@H](N)C(=O)Oc1ccc(Oc2ccc(S(=O)(=O)CC3CS3)cc2)cc1. The maximum atomic E-state index is 12.3. The van der Waals surface area contributed by atoms with E-state index in [1.807, 2.05) is 0 Å². The number of carbonyl (C=O) groups excluding carboxylic acids is 1. The molecule has 162 valence electrons. The summed E-state index contributed by atoms with van der Waals surface area (Å²) in [4.78, 5) is 12.3. The number of sulfone groups is 1. The summed E-state index contributed by atoms with van der Waals surface area (Å²) in [7, 11) is -3.26. The van der Waals surface area contributed by atoms with E-state index >= 15 is 0 Å². The van der Waals surface area contributed by atoms with Crippen molar-refractivity contribution in [2.75, 3.05) is 18.1 Å². The Hall–Kier alpha value is -2.07. The van der Waals surface area contributed by atoms with E-state index < -0.39 is 21.8 Å². The predicted octanol–water partition coefficient (Wildman–Crippen LogP) is 2.73. The molecule has 4 N–H and O–H groups in total. The van der Waals surface area contributed by atoms with Crippen molar-refractivity contribution in [1.82, 2.24) is 0 Å². The van der Waals surface area contributed by atoms with Gasteiger partial charge < -0.3 is 20.9 Å². The first-order chi connectivity index (χ1) is 14.4. The average molecular weight is 451 g/mol. The van der Waals surface area contributed by atoms with E-state index in [1.165, 1.54) is 0 Å². The summed E-state index contributed by atoms with van der Waals surface area (Å²) in [5.41, 5.74) is 11.3. The Labute approximate surface area is 181 Å². The molecule has 0 saturated carbocycles. The second-order valence-corrected chi connectivity index (χ2v) is 10.5. The van der Waals surface area contributed by atoms with Crippen LogP contribution in [0.25, 0.3) is 0 Å². The van der Waals surface area contributed by atoms with E-state index in [0.717, 1.165) is 18.6 Å². The van der Waals surface area contributed by atoms with Crippen molar-refractivity contribution in [3.8, 4) is 17.2 Å². The molecular formula is C21H26N2O5S2. The Morgan fingerprint density at radius 2 is 1.60 bits per heavy atom. The van der Waals surface area contributed by atoms with Gasteiger partial charge in [0.1, 0.15) is 23.3 Å².